The molecule has 8 nitrogen and oxygen atoms in total. The molecule has 8 heteroatoms. The summed E-state index contributed by atoms with van der Waals surface area (Å²) in [5.41, 5.74) is 3.00. The van der Waals surface area contributed by atoms with Crippen molar-refractivity contribution in [3.63, 3.8) is 0 Å². The van der Waals surface area contributed by atoms with Crippen LogP contribution in [0.5, 0.6) is 0 Å². The van der Waals surface area contributed by atoms with E-state index in [1.165, 1.54) is 0 Å². The SMILES string of the molecule is Cc1ccc(NC(=O)NCCNc2cc(-n3cccn3)nc(C)n2)c(C)c1. The van der Waals surface area contributed by atoms with E-state index in [0.717, 1.165) is 16.8 Å². The molecular formula is C19H23N7O. The number of carbonyl (C=O) groups is 1. The fraction of sp³-hybridized carbons (Fsp3) is 0.263. The summed E-state index contributed by atoms with van der Waals surface area (Å²) in [6, 6.07) is 9.33. The maximum atomic E-state index is 12.0. The van der Waals surface area contributed by atoms with Gasteiger partial charge in [-0.15, -0.1) is 0 Å². The van der Waals surface area contributed by atoms with E-state index in [1.807, 2.05) is 57.3 Å². The second kappa shape index (κ2) is 8.31. The highest BCUT2D eigenvalue weighted by molar-refractivity contribution is 5.90. The number of hydrogen-bond acceptors (Lipinski definition) is 5. The fourth-order valence-corrected chi connectivity index (χ4v) is 2.65. The molecule has 2 heterocycles. The number of hydrogen-bond donors (Lipinski definition) is 3. The second-order valence-corrected chi connectivity index (χ2v) is 6.24. The molecule has 0 saturated heterocycles. The summed E-state index contributed by atoms with van der Waals surface area (Å²) in [6.07, 6.45) is 3.52. The van der Waals surface area contributed by atoms with E-state index >= 15 is 0 Å². The number of amides is 2. The van der Waals surface area contributed by atoms with Crippen molar-refractivity contribution in [1.82, 2.24) is 25.1 Å². The maximum absolute atomic E-state index is 12.0. The minimum atomic E-state index is -0.236. The van der Waals surface area contributed by atoms with Crippen LogP contribution in [0.2, 0.25) is 0 Å². The summed E-state index contributed by atoms with van der Waals surface area (Å²) in [7, 11) is 0. The summed E-state index contributed by atoms with van der Waals surface area (Å²) in [5.74, 6) is 2.02. The zero-order valence-electron chi connectivity index (χ0n) is 15.7. The molecule has 27 heavy (non-hydrogen) atoms. The highest BCUT2D eigenvalue weighted by Crippen LogP contribution is 2.15. The lowest BCUT2D eigenvalue weighted by Crippen LogP contribution is -2.33. The number of benzene rings is 1. The van der Waals surface area contributed by atoms with Crippen LogP contribution in [0, 0.1) is 20.8 Å². The van der Waals surface area contributed by atoms with E-state index in [0.29, 0.717) is 30.5 Å². The molecule has 1 aromatic carbocycles. The maximum Gasteiger partial charge on any atom is 0.319 e. The average Bonchev–Trinajstić information content (AvgIpc) is 3.15. The van der Waals surface area contributed by atoms with Gasteiger partial charge in [0.2, 0.25) is 0 Å². The lowest BCUT2D eigenvalue weighted by molar-refractivity contribution is 0.252. The van der Waals surface area contributed by atoms with Crippen molar-refractivity contribution >= 4 is 17.5 Å². The molecule has 0 unspecified atom stereocenters. The van der Waals surface area contributed by atoms with Gasteiger partial charge in [0, 0.05) is 37.2 Å². The molecule has 2 aromatic heterocycles. The zero-order valence-corrected chi connectivity index (χ0v) is 15.7. The van der Waals surface area contributed by atoms with E-state index in [9.17, 15) is 4.79 Å². The minimum Gasteiger partial charge on any atom is -0.368 e. The molecular weight excluding hydrogens is 342 g/mol. The average molecular weight is 365 g/mol. The number of aromatic nitrogens is 4. The Kier molecular flexibility index (Phi) is 5.65. The summed E-state index contributed by atoms with van der Waals surface area (Å²) < 4.78 is 1.68. The number of urea groups is 1. The van der Waals surface area contributed by atoms with Crippen molar-refractivity contribution in [2.24, 2.45) is 0 Å². The number of rotatable bonds is 6. The molecule has 0 aliphatic rings. The van der Waals surface area contributed by atoms with Crippen molar-refractivity contribution in [3.8, 4) is 5.82 Å². The quantitative estimate of drug-likeness (QED) is 0.584. The third-order valence-corrected chi connectivity index (χ3v) is 3.91. The highest BCUT2D eigenvalue weighted by Gasteiger charge is 2.06. The first-order chi connectivity index (χ1) is 13.0. The van der Waals surface area contributed by atoms with Gasteiger partial charge in [-0.25, -0.2) is 19.4 Å². The number of nitrogens with zero attached hydrogens (tertiary/aromatic N) is 4. The fourth-order valence-electron chi connectivity index (χ4n) is 2.65. The van der Waals surface area contributed by atoms with Crippen molar-refractivity contribution in [2.75, 3.05) is 23.7 Å². The first-order valence-electron chi connectivity index (χ1n) is 8.73. The Morgan fingerprint density at radius 2 is 1.96 bits per heavy atom. The van der Waals surface area contributed by atoms with Gasteiger partial charge in [0.1, 0.15) is 11.6 Å². The van der Waals surface area contributed by atoms with Crippen molar-refractivity contribution in [3.05, 3.63) is 59.7 Å². The molecule has 0 atom stereocenters. The number of anilines is 2. The Hall–Kier alpha value is -3.42. The highest BCUT2D eigenvalue weighted by atomic mass is 16.2. The molecule has 0 radical (unpaired) electrons. The van der Waals surface area contributed by atoms with Crippen LogP contribution in [0.4, 0.5) is 16.3 Å². The molecule has 0 bridgehead atoms. The minimum absolute atomic E-state index is 0.236. The van der Waals surface area contributed by atoms with E-state index in [4.69, 9.17) is 0 Å². The van der Waals surface area contributed by atoms with E-state index in [-0.39, 0.29) is 6.03 Å². The van der Waals surface area contributed by atoms with Crippen molar-refractivity contribution in [2.45, 2.75) is 20.8 Å². The summed E-state index contributed by atoms with van der Waals surface area (Å²) >= 11 is 0. The Morgan fingerprint density at radius 3 is 2.70 bits per heavy atom. The first-order valence-corrected chi connectivity index (χ1v) is 8.73. The van der Waals surface area contributed by atoms with Gasteiger partial charge in [0.25, 0.3) is 0 Å². The van der Waals surface area contributed by atoms with E-state index < -0.39 is 0 Å². The Morgan fingerprint density at radius 1 is 1.11 bits per heavy atom. The molecule has 3 aromatic rings. The van der Waals surface area contributed by atoms with Gasteiger partial charge in [-0.3, -0.25) is 0 Å². The summed E-state index contributed by atoms with van der Waals surface area (Å²) in [6.45, 7) is 6.81. The lowest BCUT2D eigenvalue weighted by Gasteiger charge is -2.12. The summed E-state index contributed by atoms with van der Waals surface area (Å²) in [4.78, 5) is 20.8. The molecule has 0 aliphatic carbocycles. The third-order valence-electron chi connectivity index (χ3n) is 3.91. The zero-order chi connectivity index (χ0) is 19.2. The van der Waals surface area contributed by atoms with Crippen LogP contribution >= 0.6 is 0 Å². The van der Waals surface area contributed by atoms with Crippen LogP contribution in [-0.4, -0.2) is 38.9 Å². The van der Waals surface area contributed by atoms with Crippen molar-refractivity contribution in [1.29, 1.82) is 0 Å². The third kappa shape index (κ3) is 5.04. The normalized spacial score (nSPS) is 10.5. The molecule has 0 aliphatic heterocycles. The van der Waals surface area contributed by atoms with Crippen molar-refractivity contribution < 1.29 is 4.79 Å². The summed E-state index contributed by atoms with van der Waals surface area (Å²) in [5, 5.41) is 13.0. The van der Waals surface area contributed by atoms with Gasteiger partial charge >= 0.3 is 6.03 Å². The number of nitrogens with one attached hydrogen (secondary N) is 3. The first kappa shape index (κ1) is 18.4. The smallest absolute Gasteiger partial charge is 0.319 e. The van der Waals surface area contributed by atoms with Crippen LogP contribution in [0.25, 0.3) is 5.82 Å². The number of aryl methyl sites for hydroxylation is 3. The molecule has 2 amide bonds. The Labute approximate surface area is 158 Å². The van der Waals surface area contributed by atoms with Gasteiger partial charge in [-0.2, -0.15) is 5.10 Å². The van der Waals surface area contributed by atoms with Gasteiger partial charge < -0.3 is 16.0 Å². The monoisotopic (exact) mass is 365 g/mol. The van der Waals surface area contributed by atoms with Crippen LogP contribution in [-0.2, 0) is 0 Å². The molecule has 0 fully saturated rings. The van der Waals surface area contributed by atoms with Gasteiger partial charge in [-0.1, -0.05) is 17.7 Å². The molecule has 0 saturated carbocycles. The molecule has 0 spiro atoms. The van der Waals surface area contributed by atoms with E-state index in [1.54, 1.807) is 10.9 Å². The lowest BCUT2D eigenvalue weighted by atomic mass is 10.1. The predicted molar refractivity (Wildman–Crippen MR) is 105 cm³/mol. The predicted octanol–water partition coefficient (Wildman–Crippen LogP) is 2.82. The molecule has 140 valence electrons. The molecule has 3 N–H and O–H groups in total. The topological polar surface area (TPSA) is 96.8 Å². The Balaban J connectivity index is 1.49. The van der Waals surface area contributed by atoms with Crippen LogP contribution < -0.4 is 16.0 Å². The van der Waals surface area contributed by atoms with Gasteiger partial charge in [0.15, 0.2) is 5.82 Å². The second-order valence-electron chi connectivity index (χ2n) is 6.24. The molecule has 3 rings (SSSR count). The van der Waals surface area contributed by atoms with Crippen LogP contribution in [0.15, 0.2) is 42.7 Å². The van der Waals surface area contributed by atoms with Gasteiger partial charge in [-0.05, 0) is 38.5 Å². The Bertz CT molecular complexity index is 922. The van der Waals surface area contributed by atoms with Gasteiger partial charge in [0.05, 0.1) is 0 Å². The largest absolute Gasteiger partial charge is 0.368 e. The van der Waals surface area contributed by atoms with E-state index in [2.05, 4.69) is 31.0 Å². The van der Waals surface area contributed by atoms with Crippen LogP contribution in [0.1, 0.15) is 17.0 Å². The van der Waals surface area contributed by atoms with Crippen LogP contribution in [0.3, 0.4) is 0 Å². The number of carbonyl (C=O) groups excluding carboxylic acids is 1. The standard InChI is InChI=1S/C19H23N7O/c1-13-5-6-16(14(2)11-13)25-19(27)21-9-8-20-17-12-18(24-15(3)23-17)26-10-4-7-22-26/h4-7,10-12H,8-9H2,1-3H3,(H,20,23,24)(H2,21,25,27).